The van der Waals surface area contributed by atoms with E-state index in [1.165, 1.54) is 18.2 Å². The van der Waals surface area contributed by atoms with Gasteiger partial charge in [0.1, 0.15) is 5.60 Å². The lowest BCUT2D eigenvalue weighted by atomic mass is 10.0. The predicted octanol–water partition coefficient (Wildman–Crippen LogP) is 2.81. The number of fused-ring (bicyclic) bond motifs is 1. The van der Waals surface area contributed by atoms with E-state index in [2.05, 4.69) is 0 Å². The van der Waals surface area contributed by atoms with Crippen LogP contribution in [0.25, 0.3) is 0 Å². The van der Waals surface area contributed by atoms with Gasteiger partial charge in [-0.2, -0.15) is 0 Å². The molecule has 21 heavy (non-hydrogen) atoms. The molecule has 112 valence electrons. The van der Waals surface area contributed by atoms with E-state index in [0.717, 1.165) is 4.90 Å². The molecule has 0 spiro atoms. The Morgan fingerprint density at radius 2 is 2.00 bits per heavy atom. The van der Waals surface area contributed by atoms with Gasteiger partial charge in [-0.05, 0) is 38.8 Å². The minimum absolute atomic E-state index is 0.0627. The Labute approximate surface area is 121 Å². The van der Waals surface area contributed by atoms with E-state index in [1.54, 1.807) is 20.8 Å². The van der Waals surface area contributed by atoms with Crippen molar-refractivity contribution in [2.45, 2.75) is 39.2 Å². The zero-order valence-corrected chi connectivity index (χ0v) is 12.1. The lowest BCUT2D eigenvalue weighted by Crippen LogP contribution is -2.43. The molecule has 0 unspecified atom stereocenters. The maximum absolute atomic E-state index is 12.2. The van der Waals surface area contributed by atoms with Crippen molar-refractivity contribution >= 4 is 23.4 Å². The number of nitro groups is 1. The largest absolute Gasteiger partial charge is 0.443 e. The zero-order chi connectivity index (χ0) is 15.8. The average molecular weight is 292 g/mol. The number of hydrogen-bond acceptors (Lipinski definition) is 5. The average Bonchev–Trinajstić information content (AvgIpc) is 2.35. The van der Waals surface area contributed by atoms with Gasteiger partial charge in [0.2, 0.25) is 5.91 Å². The fourth-order valence-corrected chi connectivity index (χ4v) is 2.10. The minimum Gasteiger partial charge on any atom is -0.443 e. The second-order valence-electron chi connectivity index (χ2n) is 5.78. The van der Waals surface area contributed by atoms with Crippen molar-refractivity contribution in [3.63, 3.8) is 0 Å². The van der Waals surface area contributed by atoms with E-state index in [9.17, 15) is 19.7 Å². The predicted molar refractivity (Wildman–Crippen MR) is 75.1 cm³/mol. The molecule has 0 saturated heterocycles. The molecule has 1 aliphatic heterocycles. The fraction of sp³-hybridized carbons (Fsp3) is 0.429. The van der Waals surface area contributed by atoms with Crippen molar-refractivity contribution in [1.82, 2.24) is 0 Å². The standard InChI is InChI=1S/C14H16N2O5/c1-14(2,3)21-13(18)15-11-6-5-10(16(19)20)8-9(11)4-7-12(15)17/h5-6,8H,4,7H2,1-3H3. The van der Waals surface area contributed by atoms with Crippen LogP contribution in [0.1, 0.15) is 32.8 Å². The summed E-state index contributed by atoms with van der Waals surface area (Å²) >= 11 is 0. The highest BCUT2D eigenvalue weighted by atomic mass is 16.6. The topological polar surface area (TPSA) is 89.8 Å². The first-order valence-corrected chi connectivity index (χ1v) is 6.52. The van der Waals surface area contributed by atoms with Gasteiger partial charge in [0.25, 0.3) is 5.69 Å². The van der Waals surface area contributed by atoms with Gasteiger partial charge < -0.3 is 4.74 Å². The molecular weight excluding hydrogens is 276 g/mol. The van der Waals surface area contributed by atoms with E-state index < -0.39 is 16.6 Å². The molecule has 0 fully saturated rings. The molecule has 7 nitrogen and oxygen atoms in total. The molecule has 0 atom stereocenters. The van der Waals surface area contributed by atoms with Gasteiger partial charge in [-0.25, -0.2) is 9.69 Å². The SMILES string of the molecule is CC(C)(C)OC(=O)N1C(=O)CCc2cc([N+](=O)[O-])ccc21. The van der Waals surface area contributed by atoms with Crippen molar-refractivity contribution in [2.24, 2.45) is 0 Å². The van der Waals surface area contributed by atoms with Crippen LogP contribution in [0.2, 0.25) is 0 Å². The summed E-state index contributed by atoms with van der Waals surface area (Å²) in [5.74, 6) is -0.370. The molecular formula is C14H16N2O5. The Morgan fingerprint density at radius 1 is 1.33 bits per heavy atom. The fourth-order valence-electron chi connectivity index (χ4n) is 2.10. The minimum atomic E-state index is -0.762. The third-order valence-corrected chi connectivity index (χ3v) is 2.95. The first kappa shape index (κ1) is 15.0. The lowest BCUT2D eigenvalue weighted by Gasteiger charge is -2.30. The molecule has 1 aliphatic rings. The lowest BCUT2D eigenvalue weighted by molar-refractivity contribution is -0.384. The van der Waals surface area contributed by atoms with Crippen molar-refractivity contribution in [3.05, 3.63) is 33.9 Å². The summed E-state index contributed by atoms with van der Waals surface area (Å²) in [5.41, 5.74) is 0.156. The molecule has 0 aliphatic carbocycles. The number of aryl methyl sites for hydroxylation is 1. The first-order valence-electron chi connectivity index (χ1n) is 6.52. The van der Waals surface area contributed by atoms with E-state index in [0.29, 0.717) is 17.7 Å². The van der Waals surface area contributed by atoms with Gasteiger partial charge >= 0.3 is 6.09 Å². The number of ether oxygens (including phenoxy) is 1. The Balaban J connectivity index is 2.39. The third kappa shape index (κ3) is 3.18. The number of rotatable bonds is 1. The highest BCUT2D eigenvalue weighted by molar-refractivity contribution is 6.14. The second kappa shape index (κ2) is 5.16. The molecule has 1 aromatic rings. The zero-order valence-electron chi connectivity index (χ0n) is 12.1. The maximum atomic E-state index is 12.2. The van der Waals surface area contributed by atoms with Gasteiger partial charge in [-0.15, -0.1) is 0 Å². The van der Waals surface area contributed by atoms with Gasteiger partial charge in [0, 0.05) is 18.6 Å². The Hall–Kier alpha value is -2.44. The van der Waals surface area contributed by atoms with Crippen LogP contribution in [0, 0.1) is 10.1 Å². The summed E-state index contributed by atoms with van der Waals surface area (Å²) in [6, 6.07) is 4.07. The molecule has 0 bridgehead atoms. The maximum Gasteiger partial charge on any atom is 0.421 e. The number of imide groups is 1. The number of benzene rings is 1. The van der Waals surface area contributed by atoms with Gasteiger partial charge in [-0.1, -0.05) is 0 Å². The number of non-ortho nitro benzene ring substituents is 1. The molecule has 2 amide bonds. The number of amides is 2. The van der Waals surface area contributed by atoms with Gasteiger partial charge in [0.05, 0.1) is 10.6 Å². The molecule has 0 saturated carbocycles. The number of hydrogen-bond donors (Lipinski definition) is 0. The molecule has 1 aromatic carbocycles. The summed E-state index contributed by atoms with van der Waals surface area (Å²) in [6.45, 7) is 5.11. The van der Waals surface area contributed by atoms with E-state index in [-0.39, 0.29) is 18.0 Å². The normalized spacial score (nSPS) is 14.6. The molecule has 7 heteroatoms. The van der Waals surface area contributed by atoms with Crippen LogP contribution in [0.15, 0.2) is 18.2 Å². The highest BCUT2D eigenvalue weighted by Crippen LogP contribution is 2.32. The van der Waals surface area contributed by atoms with Gasteiger partial charge in [0.15, 0.2) is 0 Å². The number of nitro benzene ring substituents is 1. The highest BCUT2D eigenvalue weighted by Gasteiger charge is 2.33. The number of carbonyl (C=O) groups is 2. The van der Waals surface area contributed by atoms with E-state index in [4.69, 9.17) is 4.74 Å². The second-order valence-corrected chi connectivity index (χ2v) is 5.78. The van der Waals surface area contributed by atoms with Crippen LogP contribution < -0.4 is 4.90 Å². The molecule has 0 radical (unpaired) electrons. The van der Waals surface area contributed by atoms with E-state index >= 15 is 0 Å². The Morgan fingerprint density at radius 3 is 2.57 bits per heavy atom. The molecule has 0 aromatic heterocycles. The van der Waals surface area contributed by atoms with Crippen LogP contribution in [-0.4, -0.2) is 22.5 Å². The Bertz CT molecular complexity index is 618. The first-order chi connectivity index (χ1) is 9.69. The molecule has 1 heterocycles. The quantitative estimate of drug-likeness (QED) is 0.586. The summed E-state index contributed by atoms with van der Waals surface area (Å²) < 4.78 is 5.21. The monoisotopic (exact) mass is 292 g/mol. The van der Waals surface area contributed by atoms with Crippen LogP contribution in [0.5, 0.6) is 0 Å². The van der Waals surface area contributed by atoms with Crippen molar-refractivity contribution < 1.29 is 19.2 Å². The number of anilines is 1. The van der Waals surface area contributed by atoms with Crippen LogP contribution in [0.3, 0.4) is 0 Å². The van der Waals surface area contributed by atoms with Crippen LogP contribution >= 0.6 is 0 Å². The molecule has 0 N–H and O–H groups in total. The molecule has 2 rings (SSSR count). The Kier molecular flexibility index (Phi) is 3.67. The summed E-state index contributed by atoms with van der Waals surface area (Å²) in [4.78, 5) is 35.4. The number of nitrogens with zero attached hydrogens (tertiary/aromatic N) is 2. The van der Waals surface area contributed by atoms with Gasteiger partial charge in [-0.3, -0.25) is 14.9 Å². The van der Waals surface area contributed by atoms with Crippen molar-refractivity contribution in [1.29, 1.82) is 0 Å². The number of carbonyl (C=O) groups excluding carboxylic acids is 2. The van der Waals surface area contributed by atoms with Crippen molar-refractivity contribution in [3.8, 4) is 0 Å². The van der Waals surface area contributed by atoms with Crippen LogP contribution in [0.4, 0.5) is 16.2 Å². The third-order valence-electron chi connectivity index (χ3n) is 2.95. The van der Waals surface area contributed by atoms with Crippen LogP contribution in [-0.2, 0) is 16.0 Å². The summed E-state index contributed by atoms with van der Waals surface area (Å²) in [6.07, 6.45) is -0.273. The summed E-state index contributed by atoms with van der Waals surface area (Å²) in [5, 5.41) is 10.8. The van der Waals surface area contributed by atoms with Crippen molar-refractivity contribution in [2.75, 3.05) is 4.90 Å². The smallest absolute Gasteiger partial charge is 0.421 e. The summed E-state index contributed by atoms with van der Waals surface area (Å²) in [7, 11) is 0. The van der Waals surface area contributed by atoms with E-state index in [1.807, 2.05) is 0 Å².